The fraction of sp³-hybridized carbons (Fsp3) is 0.400. The Morgan fingerprint density at radius 1 is 1.15 bits per heavy atom. The van der Waals surface area contributed by atoms with Gasteiger partial charge < -0.3 is 5.32 Å². The van der Waals surface area contributed by atoms with Crippen LogP contribution in [0, 0.1) is 5.41 Å². The van der Waals surface area contributed by atoms with Crippen LogP contribution in [0.5, 0.6) is 0 Å². The third-order valence-corrected chi connectivity index (χ3v) is 3.76. The molecule has 2 N–H and O–H groups in total. The van der Waals surface area contributed by atoms with Crippen LogP contribution in [-0.4, -0.2) is 24.8 Å². The molecule has 5 heteroatoms. The first-order valence-electron chi connectivity index (χ1n) is 6.56. The fourth-order valence-electron chi connectivity index (χ4n) is 2.67. The number of hydrogen-bond donors (Lipinski definition) is 2. The van der Waals surface area contributed by atoms with Crippen LogP contribution < -0.4 is 10.6 Å². The van der Waals surface area contributed by atoms with Crippen molar-refractivity contribution in [3.05, 3.63) is 35.4 Å². The highest BCUT2D eigenvalue weighted by atomic mass is 16.2. The topological polar surface area (TPSA) is 75.3 Å². The molecule has 106 valence electrons. The first kappa shape index (κ1) is 14.2. The Labute approximate surface area is 117 Å². The first-order chi connectivity index (χ1) is 9.47. The Morgan fingerprint density at radius 2 is 1.65 bits per heavy atom. The number of nitrogens with one attached hydrogen (secondary N) is 2. The smallest absolute Gasteiger partial charge is 0.233 e. The maximum atomic E-state index is 11.7. The zero-order chi connectivity index (χ0) is 14.8. The molecule has 1 aliphatic heterocycles. The molecule has 1 heterocycles. The predicted octanol–water partition coefficient (Wildman–Crippen LogP) is 0.570. The molecular weight excluding hydrogens is 256 g/mol. The minimum absolute atomic E-state index is 0.00463. The highest BCUT2D eigenvalue weighted by Gasteiger charge is 2.49. The van der Waals surface area contributed by atoms with Crippen LogP contribution in [0.1, 0.15) is 24.5 Å². The molecule has 0 bridgehead atoms. The summed E-state index contributed by atoms with van der Waals surface area (Å²) in [6.07, 6.45) is 1.77. The van der Waals surface area contributed by atoms with E-state index in [0.717, 1.165) is 0 Å². The Morgan fingerprint density at radius 3 is 2.00 bits per heavy atom. The van der Waals surface area contributed by atoms with Crippen molar-refractivity contribution in [1.82, 2.24) is 10.6 Å². The number of imide groups is 1. The van der Waals surface area contributed by atoms with E-state index in [0.29, 0.717) is 19.3 Å². The van der Waals surface area contributed by atoms with Gasteiger partial charge in [0.2, 0.25) is 17.7 Å². The van der Waals surface area contributed by atoms with Gasteiger partial charge in [-0.25, -0.2) is 0 Å². The zero-order valence-corrected chi connectivity index (χ0v) is 11.7. The molecule has 0 saturated carbocycles. The lowest BCUT2D eigenvalue weighted by molar-refractivity contribution is -0.128. The summed E-state index contributed by atoms with van der Waals surface area (Å²) >= 11 is 0. The van der Waals surface area contributed by atoms with Crippen LogP contribution in [0.4, 0.5) is 0 Å². The van der Waals surface area contributed by atoms with Crippen LogP contribution in [0.25, 0.3) is 0 Å². The highest BCUT2D eigenvalue weighted by molar-refractivity contribution is 6.06. The Bertz CT molecular complexity index is 541. The predicted molar refractivity (Wildman–Crippen MR) is 73.8 cm³/mol. The molecule has 3 amide bonds. The maximum Gasteiger partial charge on any atom is 0.233 e. The molecule has 0 radical (unpaired) electrons. The second-order valence-corrected chi connectivity index (χ2v) is 5.26. The van der Waals surface area contributed by atoms with Gasteiger partial charge in [0.05, 0.1) is 5.41 Å². The summed E-state index contributed by atoms with van der Waals surface area (Å²) in [6, 6.07) is 8.04. The van der Waals surface area contributed by atoms with E-state index in [2.05, 4.69) is 10.6 Å². The van der Waals surface area contributed by atoms with Gasteiger partial charge in [-0.1, -0.05) is 24.3 Å². The summed E-state index contributed by atoms with van der Waals surface area (Å²) in [5, 5.41) is 4.80. The van der Waals surface area contributed by atoms with Crippen molar-refractivity contribution >= 4 is 17.7 Å². The number of carbonyl (C=O) groups is 3. The number of rotatable bonds is 0. The lowest BCUT2D eigenvalue weighted by atomic mass is 9.83. The number of fused-ring (bicyclic) bond motifs is 1. The largest absolute Gasteiger partial charge is 0.359 e. The minimum Gasteiger partial charge on any atom is -0.359 e. The molecule has 20 heavy (non-hydrogen) atoms. The van der Waals surface area contributed by atoms with Crippen molar-refractivity contribution in [3.8, 4) is 0 Å². The van der Waals surface area contributed by atoms with E-state index in [1.54, 1.807) is 7.05 Å². The Balaban J connectivity index is 0.000000257. The SMILES string of the molecule is CNC(C)=O.O=C1CC2(Cc3ccccc3C2)C(=O)N1. The van der Waals surface area contributed by atoms with E-state index in [1.165, 1.54) is 18.1 Å². The van der Waals surface area contributed by atoms with Crippen LogP contribution >= 0.6 is 0 Å². The van der Waals surface area contributed by atoms with Gasteiger partial charge in [0.1, 0.15) is 0 Å². The molecule has 1 aromatic rings. The van der Waals surface area contributed by atoms with Crippen LogP contribution in [0.15, 0.2) is 24.3 Å². The van der Waals surface area contributed by atoms with Gasteiger partial charge in [-0.05, 0) is 24.0 Å². The van der Waals surface area contributed by atoms with Gasteiger partial charge in [0, 0.05) is 20.4 Å². The molecule has 1 saturated heterocycles. The van der Waals surface area contributed by atoms with E-state index in [1.807, 2.05) is 24.3 Å². The molecule has 0 unspecified atom stereocenters. The summed E-state index contributed by atoms with van der Waals surface area (Å²) in [5.74, 6) is -0.221. The van der Waals surface area contributed by atoms with E-state index < -0.39 is 5.41 Å². The average Bonchev–Trinajstić information content (AvgIpc) is 2.90. The molecule has 2 aliphatic rings. The van der Waals surface area contributed by atoms with E-state index >= 15 is 0 Å². The molecular formula is C15H18N2O3. The molecule has 0 aromatic heterocycles. The van der Waals surface area contributed by atoms with Crippen molar-refractivity contribution in [2.75, 3.05) is 7.05 Å². The van der Waals surface area contributed by atoms with Crippen LogP contribution in [0.3, 0.4) is 0 Å². The molecule has 5 nitrogen and oxygen atoms in total. The molecule has 3 rings (SSSR count). The zero-order valence-electron chi connectivity index (χ0n) is 11.7. The Kier molecular flexibility index (Phi) is 3.88. The number of hydrogen-bond acceptors (Lipinski definition) is 3. The van der Waals surface area contributed by atoms with Crippen molar-refractivity contribution in [3.63, 3.8) is 0 Å². The van der Waals surface area contributed by atoms with Crippen LogP contribution in [-0.2, 0) is 27.2 Å². The number of amides is 3. The fourth-order valence-corrected chi connectivity index (χ4v) is 2.67. The molecule has 1 fully saturated rings. The lowest BCUT2D eigenvalue weighted by Gasteiger charge is -2.16. The van der Waals surface area contributed by atoms with Gasteiger partial charge in [-0.15, -0.1) is 0 Å². The average molecular weight is 274 g/mol. The van der Waals surface area contributed by atoms with Gasteiger partial charge in [-0.2, -0.15) is 0 Å². The summed E-state index contributed by atoms with van der Waals surface area (Å²) in [4.78, 5) is 32.7. The molecule has 1 aliphatic carbocycles. The summed E-state index contributed by atoms with van der Waals surface area (Å²) in [5.41, 5.74) is 1.95. The van der Waals surface area contributed by atoms with Gasteiger partial charge >= 0.3 is 0 Å². The molecule has 1 aromatic carbocycles. The van der Waals surface area contributed by atoms with E-state index in [4.69, 9.17) is 0 Å². The minimum atomic E-state index is -0.471. The van der Waals surface area contributed by atoms with Gasteiger partial charge in [0.15, 0.2) is 0 Å². The standard InChI is InChI=1S/C12H11NO2.C3H7NO/c14-10-7-12(11(15)13-10)5-8-3-1-2-4-9(8)6-12;1-3(5)4-2/h1-4H,5-7H2,(H,13,14,15);1-2H3,(H,4,5). The van der Waals surface area contributed by atoms with Crippen molar-refractivity contribution < 1.29 is 14.4 Å². The first-order valence-corrected chi connectivity index (χ1v) is 6.56. The lowest BCUT2D eigenvalue weighted by Crippen LogP contribution is -2.32. The molecule has 1 spiro atoms. The molecule has 0 atom stereocenters. The van der Waals surface area contributed by atoms with E-state index in [-0.39, 0.29) is 17.7 Å². The van der Waals surface area contributed by atoms with Crippen molar-refractivity contribution in [2.24, 2.45) is 5.41 Å². The van der Waals surface area contributed by atoms with E-state index in [9.17, 15) is 14.4 Å². The second kappa shape index (κ2) is 5.45. The van der Waals surface area contributed by atoms with Crippen LogP contribution in [0.2, 0.25) is 0 Å². The third kappa shape index (κ3) is 2.71. The Hall–Kier alpha value is -2.17. The quantitative estimate of drug-likeness (QED) is 0.679. The monoisotopic (exact) mass is 274 g/mol. The second-order valence-electron chi connectivity index (χ2n) is 5.26. The summed E-state index contributed by atoms with van der Waals surface area (Å²) < 4.78 is 0. The highest BCUT2D eigenvalue weighted by Crippen LogP contribution is 2.42. The summed E-state index contributed by atoms with van der Waals surface area (Å²) in [6.45, 7) is 1.47. The van der Waals surface area contributed by atoms with Crippen molar-refractivity contribution in [2.45, 2.75) is 26.2 Å². The van der Waals surface area contributed by atoms with Gasteiger partial charge in [-0.3, -0.25) is 19.7 Å². The number of benzene rings is 1. The normalized spacial score (nSPS) is 18.1. The third-order valence-electron chi connectivity index (χ3n) is 3.76. The maximum absolute atomic E-state index is 11.7. The number of carbonyl (C=O) groups excluding carboxylic acids is 3. The van der Waals surface area contributed by atoms with Crippen molar-refractivity contribution in [1.29, 1.82) is 0 Å². The van der Waals surface area contributed by atoms with Gasteiger partial charge in [0.25, 0.3) is 0 Å². The summed E-state index contributed by atoms with van der Waals surface area (Å²) in [7, 11) is 1.60.